The first-order valence-electron chi connectivity index (χ1n) is 9.53. The van der Waals surface area contributed by atoms with E-state index in [4.69, 9.17) is 16.6 Å². The molecule has 29 heavy (non-hydrogen) atoms. The van der Waals surface area contributed by atoms with E-state index in [-0.39, 0.29) is 6.61 Å². The minimum Gasteiger partial charge on any atom is -0.396 e. The fraction of sp³-hybridized carbons (Fsp3) is 0.115. The highest BCUT2D eigenvalue weighted by Gasteiger charge is 2.14. The van der Waals surface area contributed by atoms with Crippen LogP contribution in [0.3, 0.4) is 0 Å². The highest BCUT2D eigenvalue weighted by molar-refractivity contribution is 6.30. The molecule has 0 aliphatic heterocycles. The Morgan fingerprint density at radius 2 is 1.69 bits per heavy atom. The summed E-state index contributed by atoms with van der Waals surface area (Å²) in [5.41, 5.74) is 7.00. The van der Waals surface area contributed by atoms with Crippen LogP contribution in [0.25, 0.3) is 22.0 Å². The van der Waals surface area contributed by atoms with E-state index in [1.165, 1.54) is 0 Å². The number of aliphatic hydroxyl groups excluding tert-OH is 1. The molecule has 1 aromatic heterocycles. The maximum Gasteiger partial charge on any atom is 0.114 e. The van der Waals surface area contributed by atoms with Crippen molar-refractivity contribution in [3.63, 3.8) is 0 Å². The Hall–Kier alpha value is -3.12. The number of benzene rings is 3. The molecule has 0 saturated heterocycles. The number of hydrogen-bond acceptors (Lipinski definition) is 2. The minimum absolute atomic E-state index is 0.0982. The van der Waals surface area contributed by atoms with Crippen molar-refractivity contribution in [1.82, 2.24) is 4.98 Å². The van der Waals surface area contributed by atoms with Gasteiger partial charge in [-0.2, -0.15) is 0 Å². The van der Waals surface area contributed by atoms with Crippen molar-refractivity contribution in [3.05, 3.63) is 100 Å². The largest absolute Gasteiger partial charge is 0.396 e. The summed E-state index contributed by atoms with van der Waals surface area (Å²) in [6, 6.07) is 23.8. The summed E-state index contributed by atoms with van der Waals surface area (Å²) in [6.07, 6.45) is 0.593. The highest BCUT2D eigenvalue weighted by atomic mass is 35.5. The molecule has 1 heterocycles. The molecule has 2 nitrogen and oxygen atoms in total. The van der Waals surface area contributed by atoms with Crippen molar-refractivity contribution in [2.45, 2.75) is 13.3 Å². The standard InChI is InChI=1S/C26H20ClNO/c1-18-17-25-24(14-13-22(28-25)12-7-19-5-3-2-4-6-19)26(23(18)15-16-29)20-8-10-21(27)11-9-20/h2-6,8-11,13-14,17,29H,15-16H2,1H3. The van der Waals surface area contributed by atoms with Crippen LogP contribution in [-0.4, -0.2) is 16.7 Å². The maximum atomic E-state index is 9.60. The second kappa shape index (κ2) is 8.49. The molecule has 3 heteroatoms. The number of hydrogen-bond donors (Lipinski definition) is 1. The smallest absolute Gasteiger partial charge is 0.114 e. The molecule has 0 unspecified atom stereocenters. The summed E-state index contributed by atoms with van der Waals surface area (Å²) < 4.78 is 0. The molecule has 4 aromatic rings. The van der Waals surface area contributed by atoms with E-state index in [1.54, 1.807) is 0 Å². The predicted molar refractivity (Wildman–Crippen MR) is 120 cm³/mol. The second-order valence-electron chi connectivity index (χ2n) is 6.91. The second-order valence-corrected chi connectivity index (χ2v) is 7.34. The number of pyridine rings is 1. The fourth-order valence-corrected chi connectivity index (χ4v) is 3.68. The van der Waals surface area contributed by atoms with Crippen molar-refractivity contribution in [3.8, 4) is 23.0 Å². The topological polar surface area (TPSA) is 33.1 Å². The van der Waals surface area contributed by atoms with Crippen molar-refractivity contribution >= 4 is 22.5 Å². The lowest BCUT2D eigenvalue weighted by Gasteiger charge is -2.16. The lowest BCUT2D eigenvalue weighted by molar-refractivity contribution is 0.299. The van der Waals surface area contributed by atoms with Crippen LogP contribution in [0.4, 0.5) is 0 Å². The Morgan fingerprint density at radius 1 is 0.931 bits per heavy atom. The first-order chi connectivity index (χ1) is 14.2. The molecule has 0 saturated carbocycles. The van der Waals surface area contributed by atoms with Crippen LogP contribution < -0.4 is 0 Å². The Morgan fingerprint density at radius 3 is 2.41 bits per heavy atom. The quantitative estimate of drug-likeness (QED) is 0.443. The van der Waals surface area contributed by atoms with Gasteiger partial charge in [0.2, 0.25) is 0 Å². The van der Waals surface area contributed by atoms with Gasteiger partial charge < -0.3 is 5.11 Å². The summed E-state index contributed by atoms with van der Waals surface area (Å²) in [5, 5.41) is 11.3. The number of nitrogens with zero attached hydrogens (tertiary/aromatic N) is 1. The first-order valence-corrected chi connectivity index (χ1v) is 9.90. The van der Waals surface area contributed by atoms with Gasteiger partial charge in [0.25, 0.3) is 0 Å². The van der Waals surface area contributed by atoms with Gasteiger partial charge >= 0.3 is 0 Å². The van der Waals surface area contributed by atoms with Gasteiger partial charge in [-0.3, -0.25) is 0 Å². The third kappa shape index (κ3) is 4.17. The summed E-state index contributed by atoms with van der Waals surface area (Å²) in [5.74, 6) is 6.32. The zero-order valence-electron chi connectivity index (χ0n) is 16.1. The molecule has 0 radical (unpaired) electrons. The first kappa shape index (κ1) is 19.2. The van der Waals surface area contributed by atoms with Crippen molar-refractivity contribution in [1.29, 1.82) is 0 Å². The Kier molecular flexibility index (Phi) is 5.62. The zero-order chi connectivity index (χ0) is 20.2. The molecule has 0 amide bonds. The third-order valence-corrected chi connectivity index (χ3v) is 5.18. The average molecular weight is 398 g/mol. The lowest BCUT2D eigenvalue weighted by atomic mass is 9.90. The third-order valence-electron chi connectivity index (χ3n) is 4.93. The van der Waals surface area contributed by atoms with Gasteiger partial charge in [-0.05, 0) is 84.0 Å². The van der Waals surface area contributed by atoms with E-state index >= 15 is 0 Å². The van der Waals surface area contributed by atoms with Crippen molar-refractivity contribution < 1.29 is 5.11 Å². The molecule has 0 aliphatic rings. The van der Waals surface area contributed by atoms with E-state index in [1.807, 2.05) is 60.7 Å². The van der Waals surface area contributed by atoms with Crippen LogP contribution in [-0.2, 0) is 6.42 Å². The Labute approximate surface area is 175 Å². The minimum atomic E-state index is 0.0982. The average Bonchev–Trinajstić information content (AvgIpc) is 2.74. The SMILES string of the molecule is Cc1cc2nc(C#Cc3ccccc3)ccc2c(-c2ccc(Cl)cc2)c1CCO. The van der Waals surface area contributed by atoms with Crippen LogP contribution in [0.5, 0.6) is 0 Å². The molecule has 0 bridgehead atoms. The number of fused-ring (bicyclic) bond motifs is 1. The number of rotatable bonds is 3. The monoisotopic (exact) mass is 397 g/mol. The van der Waals surface area contributed by atoms with Gasteiger partial charge in [0.15, 0.2) is 0 Å². The molecule has 0 aliphatic carbocycles. The van der Waals surface area contributed by atoms with Gasteiger partial charge in [-0.15, -0.1) is 0 Å². The number of aromatic nitrogens is 1. The Balaban J connectivity index is 1.87. The fourth-order valence-electron chi connectivity index (χ4n) is 3.56. The van der Waals surface area contributed by atoms with Gasteiger partial charge in [0, 0.05) is 22.6 Å². The summed E-state index contributed by atoms with van der Waals surface area (Å²) in [7, 11) is 0. The van der Waals surface area contributed by atoms with Crippen molar-refractivity contribution in [2.75, 3.05) is 6.61 Å². The lowest BCUT2D eigenvalue weighted by Crippen LogP contribution is -2.00. The molecule has 0 spiro atoms. The van der Waals surface area contributed by atoms with E-state index in [0.717, 1.165) is 44.4 Å². The summed E-state index contributed by atoms with van der Waals surface area (Å²) in [6.45, 7) is 2.16. The predicted octanol–water partition coefficient (Wildman–Crippen LogP) is 5.80. The molecular formula is C26H20ClNO. The number of halogens is 1. The zero-order valence-corrected chi connectivity index (χ0v) is 16.9. The van der Waals surface area contributed by atoms with Gasteiger partial charge in [0.05, 0.1) is 5.52 Å². The van der Waals surface area contributed by atoms with Crippen LogP contribution in [0.2, 0.25) is 5.02 Å². The highest BCUT2D eigenvalue weighted by Crippen LogP contribution is 2.35. The van der Waals surface area contributed by atoms with E-state index in [0.29, 0.717) is 11.4 Å². The number of aliphatic hydroxyl groups is 1. The molecule has 4 rings (SSSR count). The molecule has 3 aromatic carbocycles. The van der Waals surface area contributed by atoms with E-state index in [9.17, 15) is 5.11 Å². The normalized spacial score (nSPS) is 10.6. The molecule has 0 atom stereocenters. The molecule has 142 valence electrons. The van der Waals surface area contributed by atoms with Crippen LogP contribution in [0.1, 0.15) is 22.4 Å². The van der Waals surface area contributed by atoms with Crippen LogP contribution >= 0.6 is 11.6 Å². The Bertz CT molecular complexity index is 1220. The summed E-state index contributed by atoms with van der Waals surface area (Å²) >= 11 is 6.09. The number of aryl methyl sites for hydroxylation is 1. The van der Waals surface area contributed by atoms with Gasteiger partial charge in [-0.1, -0.05) is 47.9 Å². The van der Waals surface area contributed by atoms with Crippen LogP contribution in [0.15, 0.2) is 72.8 Å². The molecular weight excluding hydrogens is 378 g/mol. The van der Waals surface area contributed by atoms with E-state index in [2.05, 4.69) is 30.9 Å². The molecule has 1 N–H and O–H groups in total. The van der Waals surface area contributed by atoms with E-state index < -0.39 is 0 Å². The molecule has 0 fully saturated rings. The van der Waals surface area contributed by atoms with Gasteiger partial charge in [0.1, 0.15) is 5.69 Å². The maximum absolute atomic E-state index is 9.60. The summed E-state index contributed by atoms with van der Waals surface area (Å²) in [4.78, 5) is 4.79. The van der Waals surface area contributed by atoms with Crippen LogP contribution in [0, 0.1) is 18.8 Å². The van der Waals surface area contributed by atoms with Crippen molar-refractivity contribution in [2.24, 2.45) is 0 Å². The van der Waals surface area contributed by atoms with Gasteiger partial charge in [-0.25, -0.2) is 4.98 Å².